The van der Waals surface area contributed by atoms with Gasteiger partial charge in [0.15, 0.2) is 6.61 Å². The number of halogens is 1. The molecule has 44 heavy (non-hydrogen) atoms. The molecule has 0 saturated carbocycles. The van der Waals surface area contributed by atoms with Gasteiger partial charge in [0, 0.05) is 49.2 Å². The van der Waals surface area contributed by atoms with Crippen molar-refractivity contribution in [3.63, 3.8) is 0 Å². The van der Waals surface area contributed by atoms with Crippen molar-refractivity contribution in [2.45, 2.75) is 32.7 Å². The number of phenolic OH excluding ortho intramolecular Hbond substituents is 1. The fourth-order valence-electron chi connectivity index (χ4n) is 5.16. The largest absolute Gasteiger partial charge is 0.506 e. The van der Waals surface area contributed by atoms with Crippen molar-refractivity contribution in [3.8, 4) is 11.5 Å². The highest BCUT2D eigenvalue weighted by Gasteiger charge is 2.22. The second-order valence-electron chi connectivity index (χ2n) is 12.0. The minimum atomic E-state index is -0.457. The second-order valence-corrected chi connectivity index (χ2v) is 12.4. The summed E-state index contributed by atoms with van der Waals surface area (Å²) in [5.74, 6) is 0.0111. The summed E-state index contributed by atoms with van der Waals surface area (Å²) in [7, 11) is 0. The Balaban J connectivity index is 1.15. The quantitative estimate of drug-likeness (QED) is 0.188. The van der Waals surface area contributed by atoms with Crippen LogP contribution in [0.25, 0.3) is 10.8 Å². The summed E-state index contributed by atoms with van der Waals surface area (Å²) in [6, 6.07) is 24.3. The summed E-state index contributed by atoms with van der Waals surface area (Å²) in [6.45, 7) is 10.5. The lowest BCUT2D eigenvalue weighted by Crippen LogP contribution is -2.49. The third-order valence-electron chi connectivity index (χ3n) is 7.80. The van der Waals surface area contributed by atoms with Crippen LogP contribution in [-0.4, -0.2) is 65.7 Å². The number of rotatable bonds is 8. The summed E-state index contributed by atoms with van der Waals surface area (Å²) in [6.07, 6.45) is 1.55. The van der Waals surface area contributed by atoms with Gasteiger partial charge in [0.25, 0.3) is 11.8 Å². The molecular weight excluding hydrogens is 576 g/mol. The van der Waals surface area contributed by atoms with E-state index in [0.717, 1.165) is 36.0 Å². The Bertz CT molecular complexity index is 1670. The van der Waals surface area contributed by atoms with Crippen LogP contribution in [-0.2, 0) is 16.8 Å². The van der Waals surface area contributed by atoms with Crippen molar-refractivity contribution in [2.75, 3.05) is 32.8 Å². The molecular formula is C35H37ClN4O4. The molecule has 1 fully saturated rings. The van der Waals surface area contributed by atoms with E-state index in [-0.39, 0.29) is 34.3 Å². The number of carbonyl (C=O) groups is 2. The van der Waals surface area contributed by atoms with E-state index >= 15 is 0 Å². The van der Waals surface area contributed by atoms with E-state index in [9.17, 15) is 14.7 Å². The average molecular weight is 613 g/mol. The molecule has 2 N–H and O–H groups in total. The van der Waals surface area contributed by atoms with E-state index in [2.05, 4.69) is 60.5 Å². The summed E-state index contributed by atoms with van der Waals surface area (Å²) >= 11 is 5.90. The van der Waals surface area contributed by atoms with Gasteiger partial charge in [-0.25, -0.2) is 5.43 Å². The van der Waals surface area contributed by atoms with Gasteiger partial charge in [0.2, 0.25) is 0 Å². The molecule has 0 aliphatic carbocycles. The molecule has 1 aliphatic heterocycles. The molecule has 1 aliphatic rings. The molecule has 0 radical (unpaired) electrons. The zero-order valence-electron chi connectivity index (χ0n) is 25.2. The van der Waals surface area contributed by atoms with Crippen LogP contribution in [0.5, 0.6) is 11.5 Å². The van der Waals surface area contributed by atoms with E-state index in [4.69, 9.17) is 16.3 Å². The van der Waals surface area contributed by atoms with Gasteiger partial charge in [0.1, 0.15) is 11.5 Å². The molecule has 1 heterocycles. The van der Waals surface area contributed by atoms with Crippen molar-refractivity contribution < 1.29 is 19.4 Å². The van der Waals surface area contributed by atoms with Crippen molar-refractivity contribution >= 4 is 40.4 Å². The van der Waals surface area contributed by atoms with Crippen LogP contribution in [0.1, 0.15) is 47.8 Å². The van der Waals surface area contributed by atoms with Gasteiger partial charge in [0.05, 0.1) is 11.2 Å². The first-order valence-corrected chi connectivity index (χ1v) is 15.0. The molecule has 0 unspecified atom stereocenters. The Morgan fingerprint density at radius 1 is 0.955 bits per heavy atom. The first-order chi connectivity index (χ1) is 21.1. The van der Waals surface area contributed by atoms with E-state index in [1.54, 1.807) is 12.3 Å². The number of hydrazone groups is 1. The number of fused-ring (bicyclic) bond motifs is 1. The monoisotopic (exact) mass is 612 g/mol. The standard InChI is InChI=1S/C35H37ClN4O4/c1-35(2,3)27-12-8-24(9-13-27)22-39-16-18-40(19-17-39)33(42)23-44-32-15-11-26(28-6-4-5-7-29(28)32)21-37-38-34(43)25-10-14-31(41)30(36)20-25/h4-15,20-21,41H,16-19,22-23H2,1-3H3,(H,38,43). The van der Waals surface area contributed by atoms with Crippen LogP contribution in [0, 0.1) is 0 Å². The van der Waals surface area contributed by atoms with Gasteiger partial charge >= 0.3 is 0 Å². The number of piperazine rings is 1. The predicted octanol–water partition coefficient (Wildman–Crippen LogP) is 5.98. The Kier molecular flexibility index (Phi) is 9.52. The number of nitrogens with one attached hydrogen (secondary N) is 1. The Labute approximate surface area is 262 Å². The van der Waals surface area contributed by atoms with Crippen molar-refractivity contribution in [1.29, 1.82) is 0 Å². The topological polar surface area (TPSA) is 94.5 Å². The highest BCUT2D eigenvalue weighted by atomic mass is 35.5. The highest BCUT2D eigenvalue weighted by Crippen LogP contribution is 2.28. The SMILES string of the molecule is CC(C)(C)c1ccc(CN2CCN(C(=O)COc3ccc(C=NNC(=O)c4ccc(O)c(Cl)c4)c4ccccc34)CC2)cc1. The van der Waals surface area contributed by atoms with E-state index in [1.807, 2.05) is 35.2 Å². The third kappa shape index (κ3) is 7.56. The summed E-state index contributed by atoms with van der Waals surface area (Å²) in [5, 5.41) is 15.4. The van der Waals surface area contributed by atoms with E-state index in [0.29, 0.717) is 18.8 Å². The third-order valence-corrected chi connectivity index (χ3v) is 8.10. The Hall–Kier alpha value is -4.40. The second kappa shape index (κ2) is 13.5. The molecule has 0 aromatic heterocycles. The van der Waals surface area contributed by atoms with E-state index in [1.165, 1.54) is 29.3 Å². The van der Waals surface area contributed by atoms with Gasteiger partial charge in [-0.15, -0.1) is 0 Å². The summed E-state index contributed by atoms with van der Waals surface area (Å²) in [4.78, 5) is 29.7. The number of nitrogens with zero attached hydrogens (tertiary/aromatic N) is 3. The Morgan fingerprint density at radius 3 is 2.34 bits per heavy atom. The maximum Gasteiger partial charge on any atom is 0.271 e. The van der Waals surface area contributed by atoms with E-state index < -0.39 is 5.91 Å². The molecule has 2 amide bonds. The normalized spacial score (nSPS) is 14.2. The van der Waals surface area contributed by atoms with Crippen LogP contribution in [0.4, 0.5) is 0 Å². The first-order valence-electron chi connectivity index (χ1n) is 14.6. The lowest BCUT2D eigenvalue weighted by Gasteiger charge is -2.34. The molecule has 5 rings (SSSR count). The zero-order chi connectivity index (χ0) is 31.3. The lowest BCUT2D eigenvalue weighted by atomic mass is 9.87. The molecule has 1 saturated heterocycles. The predicted molar refractivity (Wildman–Crippen MR) is 175 cm³/mol. The van der Waals surface area contributed by atoms with Gasteiger partial charge < -0.3 is 14.7 Å². The number of hydrogen-bond acceptors (Lipinski definition) is 6. The number of phenols is 1. The average Bonchev–Trinajstić information content (AvgIpc) is 3.02. The lowest BCUT2D eigenvalue weighted by molar-refractivity contribution is -0.135. The van der Waals surface area contributed by atoms with Crippen LogP contribution >= 0.6 is 11.6 Å². The first kappa shape index (κ1) is 31.0. The smallest absolute Gasteiger partial charge is 0.271 e. The van der Waals surface area contributed by atoms with Crippen LogP contribution in [0.2, 0.25) is 5.02 Å². The molecule has 0 spiro atoms. The number of carbonyl (C=O) groups excluding carboxylic acids is 2. The number of hydrogen-bond donors (Lipinski definition) is 2. The molecule has 4 aromatic carbocycles. The Morgan fingerprint density at radius 2 is 1.66 bits per heavy atom. The fourth-order valence-corrected chi connectivity index (χ4v) is 5.34. The molecule has 9 heteroatoms. The number of amides is 2. The minimum Gasteiger partial charge on any atom is -0.506 e. The maximum atomic E-state index is 13.0. The minimum absolute atomic E-state index is 0.0362. The fraction of sp³-hybridized carbons (Fsp3) is 0.286. The molecule has 228 valence electrons. The summed E-state index contributed by atoms with van der Waals surface area (Å²) in [5.41, 5.74) is 6.27. The zero-order valence-corrected chi connectivity index (χ0v) is 26.0. The van der Waals surface area contributed by atoms with Crippen molar-refractivity contribution in [2.24, 2.45) is 5.10 Å². The molecule has 0 atom stereocenters. The number of aromatic hydroxyl groups is 1. The summed E-state index contributed by atoms with van der Waals surface area (Å²) < 4.78 is 6.02. The number of benzene rings is 4. The van der Waals surface area contributed by atoms with Crippen LogP contribution in [0.3, 0.4) is 0 Å². The van der Waals surface area contributed by atoms with Crippen molar-refractivity contribution in [1.82, 2.24) is 15.2 Å². The number of ether oxygens (including phenoxy) is 1. The van der Waals surface area contributed by atoms with Gasteiger partial charge in [-0.05, 0) is 52.3 Å². The van der Waals surface area contributed by atoms with Gasteiger partial charge in [-0.2, -0.15) is 5.10 Å². The van der Waals surface area contributed by atoms with Crippen LogP contribution < -0.4 is 10.2 Å². The van der Waals surface area contributed by atoms with Crippen molar-refractivity contribution in [3.05, 3.63) is 106 Å². The molecule has 8 nitrogen and oxygen atoms in total. The van der Waals surface area contributed by atoms with Crippen LogP contribution in [0.15, 0.2) is 84.0 Å². The molecule has 4 aromatic rings. The van der Waals surface area contributed by atoms with Gasteiger partial charge in [-0.1, -0.05) is 80.9 Å². The maximum absolute atomic E-state index is 13.0. The van der Waals surface area contributed by atoms with Gasteiger partial charge in [-0.3, -0.25) is 14.5 Å². The molecule has 0 bridgehead atoms. The highest BCUT2D eigenvalue weighted by molar-refractivity contribution is 6.32.